The van der Waals surface area contributed by atoms with Crippen LogP contribution in [0.5, 0.6) is 5.75 Å². The minimum absolute atomic E-state index is 0.0194. The highest BCUT2D eigenvalue weighted by atomic mass is 32.2. The molecule has 42 heavy (non-hydrogen) atoms. The van der Waals surface area contributed by atoms with Crippen LogP contribution in [0.25, 0.3) is 0 Å². The molecule has 4 rings (SSSR count). The summed E-state index contributed by atoms with van der Waals surface area (Å²) in [5.41, 5.74) is 1.48. The molecule has 0 aliphatic carbocycles. The Morgan fingerprint density at radius 3 is 2.52 bits per heavy atom. The second kappa shape index (κ2) is 14.4. The van der Waals surface area contributed by atoms with Crippen molar-refractivity contribution >= 4 is 29.5 Å². The molecule has 11 heteroatoms. The topological polar surface area (TPSA) is 131 Å². The van der Waals surface area contributed by atoms with Gasteiger partial charge in [0.25, 0.3) is 11.8 Å². The van der Waals surface area contributed by atoms with Crippen molar-refractivity contribution in [1.82, 2.24) is 20.4 Å². The molecular weight excluding hydrogens is 556 g/mol. The highest BCUT2D eigenvalue weighted by Crippen LogP contribution is 2.40. The van der Waals surface area contributed by atoms with E-state index in [1.54, 1.807) is 19.1 Å². The smallest absolute Gasteiger partial charge is 0.254 e. The first-order valence-electron chi connectivity index (χ1n) is 14.4. The Morgan fingerprint density at radius 2 is 1.81 bits per heavy atom. The van der Waals surface area contributed by atoms with Crippen LogP contribution in [0.1, 0.15) is 41.8 Å². The fourth-order valence-corrected chi connectivity index (χ4v) is 6.56. The molecule has 0 aromatic heterocycles. The third-order valence-corrected chi connectivity index (χ3v) is 9.30. The van der Waals surface area contributed by atoms with Gasteiger partial charge in [-0.3, -0.25) is 19.3 Å². The van der Waals surface area contributed by atoms with E-state index >= 15 is 0 Å². The summed E-state index contributed by atoms with van der Waals surface area (Å²) in [5.74, 6) is -1.16. The lowest BCUT2D eigenvalue weighted by molar-refractivity contribution is -0.147. The number of aliphatic hydroxyl groups excluding tert-OH is 1. The number of hydrogen-bond donors (Lipinski definition) is 4. The summed E-state index contributed by atoms with van der Waals surface area (Å²) in [6.45, 7) is 10.0. The van der Waals surface area contributed by atoms with E-state index in [0.717, 1.165) is 44.8 Å². The van der Waals surface area contributed by atoms with Gasteiger partial charge in [0.1, 0.15) is 11.8 Å². The summed E-state index contributed by atoms with van der Waals surface area (Å²) in [7, 11) is 0. The first-order valence-corrected chi connectivity index (χ1v) is 15.4. The quantitative estimate of drug-likeness (QED) is 0.289. The van der Waals surface area contributed by atoms with Crippen molar-refractivity contribution in [2.24, 2.45) is 0 Å². The minimum Gasteiger partial charge on any atom is -0.508 e. The molecule has 4 N–H and O–H groups in total. The van der Waals surface area contributed by atoms with E-state index in [0.29, 0.717) is 12.1 Å². The summed E-state index contributed by atoms with van der Waals surface area (Å²) >= 11 is 1.48. The van der Waals surface area contributed by atoms with Gasteiger partial charge in [-0.1, -0.05) is 36.4 Å². The van der Waals surface area contributed by atoms with Crippen molar-refractivity contribution in [3.63, 3.8) is 0 Å². The number of morpholine rings is 1. The van der Waals surface area contributed by atoms with E-state index in [4.69, 9.17) is 4.74 Å². The van der Waals surface area contributed by atoms with Gasteiger partial charge in [0.15, 0.2) is 6.10 Å². The molecule has 2 aliphatic rings. The summed E-state index contributed by atoms with van der Waals surface area (Å²) in [4.78, 5) is 44.2. The number of amides is 3. The number of hydrogen-bond acceptors (Lipinski definition) is 8. The maximum Gasteiger partial charge on any atom is 0.254 e. The van der Waals surface area contributed by atoms with Gasteiger partial charge in [-0.15, -0.1) is 11.8 Å². The predicted octanol–water partition coefficient (Wildman–Crippen LogP) is 1.92. The molecule has 3 unspecified atom stereocenters. The predicted molar refractivity (Wildman–Crippen MR) is 162 cm³/mol. The number of carbonyl (C=O) groups excluding carboxylic acids is 3. The third-order valence-electron chi connectivity index (χ3n) is 7.93. The van der Waals surface area contributed by atoms with Gasteiger partial charge in [-0.05, 0) is 57.9 Å². The molecular formula is C31H42N4O6S. The Balaban J connectivity index is 1.46. The molecule has 2 aliphatic heterocycles. The number of phenolic OH excluding ortho intramolecular Hbond substituents is 1. The van der Waals surface area contributed by atoms with Gasteiger partial charge in [0.2, 0.25) is 5.91 Å². The third kappa shape index (κ3) is 7.83. The van der Waals surface area contributed by atoms with Crippen LogP contribution in [0.4, 0.5) is 0 Å². The molecule has 2 saturated heterocycles. The van der Waals surface area contributed by atoms with E-state index in [-0.39, 0.29) is 29.5 Å². The first-order chi connectivity index (χ1) is 20.1. The molecule has 228 valence electrons. The maximum absolute atomic E-state index is 13.8. The highest BCUT2D eigenvalue weighted by Gasteiger charge is 2.49. The Hall–Kier alpha value is -3.12. The summed E-state index contributed by atoms with van der Waals surface area (Å²) in [5, 5.41) is 27.4. The molecule has 0 bridgehead atoms. The largest absolute Gasteiger partial charge is 0.508 e. The van der Waals surface area contributed by atoms with Crippen molar-refractivity contribution in [1.29, 1.82) is 0 Å². The van der Waals surface area contributed by atoms with Crippen molar-refractivity contribution in [3.05, 3.63) is 65.2 Å². The SMILES string of the molecule is Cc1c(O)cccc1C(=O)NC(Cc1ccccc1)C(O)C(=O)N1CSC(C)(C)C1C(=O)NCCCN1CCOCC1. The number of nitrogens with zero attached hydrogens (tertiary/aromatic N) is 2. The van der Waals surface area contributed by atoms with E-state index in [1.165, 1.54) is 22.7 Å². The van der Waals surface area contributed by atoms with E-state index in [9.17, 15) is 24.6 Å². The van der Waals surface area contributed by atoms with Gasteiger partial charge in [-0.2, -0.15) is 0 Å². The molecule has 0 spiro atoms. The number of benzene rings is 2. The minimum atomic E-state index is -1.60. The van der Waals surface area contributed by atoms with E-state index in [1.807, 2.05) is 44.2 Å². The zero-order valence-corrected chi connectivity index (χ0v) is 25.4. The zero-order chi connectivity index (χ0) is 30.3. The van der Waals surface area contributed by atoms with E-state index in [2.05, 4.69) is 15.5 Å². The summed E-state index contributed by atoms with van der Waals surface area (Å²) in [6, 6.07) is 12.2. The van der Waals surface area contributed by atoms with Gasteiger partial charge in [-0.25, -0.2) is 0 Å². The zero-order valence-electron chi connectivity index (χ0n) is 24.5. The van der Waals surface area contributed by atoms with Crippen LogP contribution < -0.4 is 10.6 Å². The summed E-state index contributed by atoms with van der Waals surface area (Å²) < 4.78 is 4.82. The fraction of sp³-hybridized carbons (Fsp3) is 0.516. The maximum atomic E-state index is 13.8. The lowest BCUT2D eigenvalue weighted by Gasteiger charge is -2.33. The Labute approximate surface area is 251 Å². The monoisotopic (exact) mass is 598 g/mol. The number of aliphatic hydroxyl groups is 1. The summed E-state index contributed by atoms with van der Waals surface area (Å²) in [6.07, 6.45) is -0.625. The Bertz CT molecular complexity index is 1240. The lowest BCUT2D eigenvalue weighted by Crippen LogP contribution is -2.58. The van der Waals surface area contributed by atoms with Crippen molar-refractivity contribution in [2.75, 3.05) is 45.3 Å². The van der Waals surface area contributed by atoms with E-state index < -0.39 is 34.7 Å². The molecule has 0 radical (unpaired) electrons. The van der Waals surface area contributed by atoms with Crippen LogP contribution in [0.3, 0.4) is 0 Å². The number of nitrogens with one attached hydrogen (secondary N) is 2. The average molecular weight is 599 g/mol. The van der Waals surface area contributed by atoms with Crippen molar-refractivity contribution < 1.29 is 29.3 Å². The van der Waals surface area contributed by atoms with Crippen LogP contribution >= 0.6 is 11.8 Å². The Kier molecular flexibility index (Phi) is 10.9. The first kappa shape index (κ1) is 31.8. The second-order valence-corrected chi connectivity index (χ2v) is 12.9. The van der Waals surface area contributed by atoms with Crippen molar-refractivity contribution in [3.8, 4) is 5.75 Å². The standard InChI is InChI=1S/C31H42N4O6S/c1-21-23(11-7-12-25(21)36)28(38)33-24(19-22-9-5-4-6-10-22)26(37)30(40)35-20-42-31(2,3)27(35)29(39)32-13-8-14-34-15-17-41-18-16-34/h4-7,9-12,24,26-27,36-37H,8,13-20H2,1-3H3,(H,32,39)(H,33,38). The number of aromatic hydroxyl groups is 1. The second-order valence-electron chi connectivity index (χ2n) is 11.4. The number of thioether (sulfide) groups is 1. The molecule has 2 fully saturated rings. The van der Waals surface area contributed by atoms with Crippen LogP contribution in [-0.4, -0.2) is 106 Å². The molecule has 3 atom stereocenters. The van der Waals surface area contributed by atoms with Crippen LogP contribution in [0.2, 0.25) is 0 Å². The van der Waals surface area contributed by atoms with Gasteiger partial charge in [0.05, 0.1) is 25.1 Å². The molecule has 0 saturated carbocycles. The highest BCUT2D eigenvalue weighted by molar-refractivity contribution is 8.00. The average Bonchev–Trinajstić information content (AvgIpc) is 3.31. The number of carbonyl (C=O) groups is 3. The molecule has 3 amide bonds. The van der Waals surface area contributed by atoms with Gasteiger partial charge in [0, 0.05) is 35.5 Å². The lowest BCUT2D eigenvalue weighted by atomic mass is 9.96. The molecule has 10 nitrogen and oxygen atoms in total. The van der Waals surface area contributed by atoms with Gasteiger partial charge < -0.3 is 30.5 Å². The fourth-order valence-electron chi connectivity index (χ4n) is 5.42. The van der Waals surface area contributed by atoms with Crippen LogP contribution in [0.15, 0.2) is 48.5 Å². The molecule has 2 aromatic rings. The van der Waals surface area contributed by atoms with Crippen molar-refractivity contribution in [2.45, 2.75) is 56.5 Å². The van der Waals surface area contributed by atoms with Gasteiger partial charge >= 0.3 is 0 Å². The number of rotatable bonds is 11. The van der Waals surface area contributed by atoms with Crippen LogP contribution in [0, 0.1) is 6.92 Å². The molecule has 2 aromatic carbocycles. The van der Waals surface area contributed by atoms with Crippen LogP contribution in [-0.2, 0) is 20.7 Å². The number of ether oxygens (including phenoxy) is 1. The number of phenols is 1. The Morgan fingerprint density at radius 1 is 1.10 bits per heavy atom. The normalized spacial score (nSPS) is 20.1. The molecule has 2 heterocycles.